The topological polar surface area (TPSA) is 72.9 Å². The van der Waals surface area contributed by atoms with Crippen LogP contribution in [0.15, 0.2) is 36.7 Å². The summed E-state index contributed by atoms with van der Waals surface area (Å²) in [6.07, 6.45) is 3.18. The Hall–Kier alpha value is -2.80. The number of carbonyl (C=O) groups excluding carboxylic acids is 1. The molecule has 140 valence electrons. The first-order valence-corrected chi connectivity index (χ1v) is 8.16. The highest BCUT2D eigenvalue weighted by Gasteiger charge is 2.21. The van der Waals surface area contributed by atoms with Crippen LogP contribution < -0.4 is 19.5 Å². The molecule has 0 aliphatic rings. The Balaban J connectivity index is 2.25. The fourth-order valence-corrected chi connectivity index (χ4v) is 2.68. The van der Waals surface area contributed by atoms with Crippen molar-refractivity contribution in [3.8, 4) is 17.2 Å². The summed E-state index contributed by atoms with van der Waals surface area (Å²) in [7, 11) is 8.62. The van der Waals surface area contributed by atoms with Gasteiger partial charge < -0.3 is 24.4 Å². The Morgan fingerprint density at radius 1 is 1.15 bits per heavy atom. The molecular formula is C19H25N3O4. The van der Waals surface area contributed by atoms with Crippen LogP contribution in [0.4, 0.5) is 0 Å². The molecule has 26 heavy (non-hydrogen) atoms. The second kappa shape index (κ2) is 9.05. The van der Waals surface area contributed by atoms with Crippen molar-refractivity contribution in [2.24, 2.45) is 0 Å². The molecule has 7 nitrogen and oxygen atoms in total. The van der Waals surface area contributed by atoms with E-state index in [4.69, 9.17) is 14.2 Å². The van der Waals surface area contributed by atoms with Crippen LogP contribution in [0.3, 0.4) is 0 Å². The third-order valence-corrected chi connectivity index (χ3v) is 4.07. The minimum Gasteiger partial charge on any atom is -0.493 e. The number of ether oxygens (including phenoxy) is 3. The van der Waals surface area contributed by atoms with E-state index in [9.17, 15) is 4.79 Å². The van der Waals surface area contributed by atoms with Gasteiger partial charge in [-0.05, 0) is 43.9 Å². The third kappa shape index (κ3) is 4.43. The number of nitrogens with zero attached hydrogens (tertiary/aromatic N) is 2. The minimum atomic E-state index is -0.169. The van der Waals surface area contributed by atoms with Crippen LogP contribution in [0.25, 0.3) is 0 Å². The van der Waals surface area contributed by atoms with Crippen LogP contribution in [0.5, 0.6) is 17.2 Å². The Kier molecular flexibility index (Phi) is 6.80. The monoisotopic (exact) mass is 359 g/mol. The second-order valence-corrected chi connectivity index (χ2v) is 5.89. The highest BCUT2D eigenvalue weighted by atomic mass is 16.5. The highest BCUT2D eigenvalue weighted by Crippen LogP contribution is 2.40. The van der Waals surface area contributed by atoms with Crippen LogP contribution in [0.2, 0.25) is 0 Å². The first kappa shape index (κ1) is 19.5. The molecule has 2 rings (SSSR count). The predicted molar refractivity (Wildman–Crippen MR) is 99.1 cm³/mol. The van der Waals surface area contributed by atoms with Gasteiger partial charge in [0.25, 0.3) is 5.91 Å². The van der Waals surface area contributed by atoms with E-state index in [0.717, 1.165) is 5.56 Å². The average Bonchev–Trinajstić information content (AvgIpc) is 2.67. The summed E-state index contributed by atoms with van der Waals surface area (Å²) < 4.78 is 16.2. The van der Waals surface area contributed by atoms with Crippen molar-refractivity contribution in [1.82, 2.24) is 15.2 Å². The maximum Gasteiger partial charge on any atom is 0.252 e. The number of rotatable bonds is 8. The molecule has 0 aliphatic carbocycles. The molecule has 0 fully saturated rings. The quantitative estimate of drug-likeness (QED) is 0.779. The van der Waals surface area contributed by atoms with Crippen molar-refractivity contribution in [3.05, 3.63) is 47.8 Å². The van der Waals surface area contributed by atoms with E-state index in [-0.39, 0.29) is 11.9 Å². The summed E-state index contributed by atoms with van der Waals surface area (Å²) in [6, 6.07) is 7.17. The van der Waals surface area contributed by atoms with Gasteiger partial charge in [-0.3, -0.25) is 9.78 Å². The Labute approximate surface area is 153 Å². The molecule has 1 heterocycles. The van der Waals surface area contributed by atoms with E-state index >= 15 is 0 Å². The van der Waals surface area contributed by atoms with Crippen LogP contribution in [-0.2, 0) is 0 Å². The third-order valence-electron chi connectivity index (χ3n) is 4.07. The summed E-state index contributed by atoms with van der Waals surface area (Å²) in [5.41, 5.74) is 1.46. The zero-order chi connectivity index (χ0) is 19.1. The molecule has 7 heteroatoms. The molecule has 1 amide bonds. The molecular weight excluding hydrogens is 334 g/mol. The lowest BCUT2D eigenvalue weighted by molar-refractivity contribution is 0.0941. The number of amides is 1. The number of likely N-dealkylation sites (N-methyl/N-ethyl adjacent to an activating group) is 1. The van der Waals surface area contributed by atoms with Crippen molar-refractivity contribution in [2.45, 2.75) is 6.04 Å². The van der Waals surface area contributed by atoms with Gasteiger partial charge >= 0.3 is 0 Å². The summed E-state index contributed by atoms with van der Waals surface area (Å²) in [4.78, 5) is 18.3. The molecule has 1 atom stereocenters. The standard InChI is InChI=1S/C19H25N3O4/c1-22(2)15(12-21-19(23)13-7-6-8-20-11-13)14-9-16(24-3)18(26-5)17(10-14)25-4/h6-11,15H,12H2,1-5H3,(H,21,23). The van der Waals surface area contributed by atoms with Crippen LogP contribution in [0.1, 0.15) is 22.0 Å². The van der Waals surface area contributed by atoms with Crippen LogP contribution in [-0.4, -0.2) is 57.8 Å². The van der Waals surface area contributed by atoms with Gasteiger partial charge in [-0.1, -0.05) is 0 Å². The van der Waals surface area contributed by atoms with E-state index < -0.39 is 0 Å². The molecule has 2 aromatic rings. The lowest BCUT2D eigenvalue weighted by atomic mass is 10.0. The first-order chi connectivity index (χ1) is 12.5. The SMILES string of the molecule is COc1cc(C(CNC(=O)c2cccnc2)N(C)C)cc(OC)c1OC. The molecule has 0 aliphatic heterocycles. The van der Waals surface area contributed by atoms with Gasteiger partial charge in [0.15, 0.2) is 11.5 Å². The van der Waals surface area contributed by atoms with Crippen LogP contribution in [0, 0.1) is 0 Å². The van der Waals surface area contributed by atoms with E-state index in [0.29, 0.717) is 29.4 Å². The number of carbonyl (C=O) groups is 1. The zero-order valence-electron chi connectivity index (χ0n) is 15.8. The number of benzene rings is 1. The maximum atomic E-state index is 12.3. The van der Waals surface area contributed by atoms with E-state index in [2.05, 4.69) is 10.3 Å². The number of pyridine rings is 1. The summed E-state index contributed by atoms with van der Waals surface area (Å²) in [6.45, 7) is 0.416. The van der Waals surface area contributed by atoms with Gasteiger partial charge in [0.05, 0.1) is 32.9 Å². The fraction of sp³-hybridized carbons (Fsp3) is 0.368. The highest BCUT2D eigenvalue weighted by molar-refractivity contribution is 5.93. The normalized spacial score (nSPS) is 11.8. The summed E-state index contributed by atoms with van der Waals surface area (Å²) >= 11 is 0. The molecule has 0 saturated heterocycles. The molecule has 1 aromatic heterocycles. The molecule has 0 radical (unpaired) electrons. The maximum absolute atomic E-state index is 12.3. The lowest BCUT2D eigenvalue weighted by Crippen LogP contribution is -2.34. The number of aromatic nitrogens is 1. The smallest absolute Gasteiger partial charge is 0.252 e. The van der Waals surface area contributed by atoms with E-state index in [1.165, 1.54) is 0 Å². The largest absolute Gasteiger partial charge is 0.493 e. The van der Waals surface area contributed by atoms with Crippen molar-refractivity contribution in [2.75, 3.05) is 42.0 Å². The van der Waals surface area contributed by atoms with Gasteiger partial charge in [-0.2, -0.15) is 0 Å². The number of methoxy groups -OCH3 is 3. The summed E-state index contributed by atoms with van der Waals surface area (Å²) in [5, 5.41) is 2.95. The molecule has 1 unspecified atom stereocenters. The number of nitrogens with one attached hydrogen (secondary N) is 1. The van der Waals surface area contributed by atoms with Crippen molar-refractivity contribution < 1.29 is 19.0 Å². The van der Waals surface area contributed by atoms with Gasteiger partial charge in [-0.15, -0.1) is 0 Å². The fourth-order valence-electron chi connectivity index (χ4n) is 2.68. The second-order valence-electron chi connectivity index (χ2n) is 5.89. The van der Waals surface area contributed by atoms with Gasteiger partial charge in [0, 0.05) is 18.9 Å². The lowest BCUT2D eigenvalue weighted by Gasteiger charge is -2.26. The van der Waals surface area contributed by atoms with Gasteiger partial charge in [0.2, 0.25) is 5.75 Å². The summed E-state index contributed by atoms with van der Waals surface area (Å²) in [5.74, 6) is 1.52. The van der Waals surface area contributed by atoms with Crippen molar-refractivity contribution >= 4 is 5.91 Å². The van der Waals surface area contributed by atoms with Gasteiger partial charge in [-0.25, -0.2) is 0 Å². The molecule has 0 spiro atoms. The average molecular weight is 359 g/mol. The molecule has 0 saturated carbocycles. The molecule has 1 aromatic carbocycles. The van der Waals surface area contributed by atoms with Crippen molar-refractivity contribution in [1.29, 1.82) is 0 Å². The van der Waals surface area contributed by atoms with Crippen molar-refractivity contribution in [3.63, 3.8) is 0 Å². The molecule has 0 bridgehead atoms. The Morgan fingerprint density at radius 2 is 1.81 bits per heavy atom. The minimum absolute atomic E-state index is 0.0793. The Bertz CT molecular complexity index is 710. The molecule has 1 N–H and O–H groups in total. The number of hydrogen-bond donors (Lipinski definition) is 1. The zero-order valence-corrected chi connectivity index (χ0v) is 15.8. The van der Waals surface area contributed by atoms with E-state index in [1.807, 2.05) is 31.1 Å². The predicted octanol–water partition coefficient (Wildman–Crippen LogP) is 2.14. The Morgan fingerprint density at radius 3 is 2.27 bits per heavy atom. The van der Waals surface area contributed by atoms with Crippen LogP contribution >= 0.6 is 0 Å². The van der Waals surface area contributed by atoms with Gasteiger partial charge in [0.1, 0.15) is 0 Å². The first-order valence-electron chi connectivity index (χ1n) is 8.16. The van der Waals surface area contributed by atoms with E-state index in [1.54, 1.807) is 45.9 Å². The number of hydrogen-bond acceptors (Lipinski definition) is 6.